The third kappa shape index (κ3) is 4.20. The normalized spacial score (nSPS) is 19.1. The number of carboxylic acids is 1. The summed E-state index contributed by atoms with van der Waals surface area (Å²) in [6.07, 6.45) is -4.34. The summed E-state index contributed by atoms with van der Waals surface area (Å²) in [5.74, 6) is -0.998. The number of carbonyl (C=O) groups is 1. The Balaban J connectivity index is 2.13. The van der Waals surface area contributed by atoms with E-state index in [-0.39, 0.29) is 6.42 Å². The third-order valence-electron chi connectivity index (χ3n) is 3.95. The number of rotatable bonds is 4. The number of halogens is 3. The van der Waals surface area contributed by atoms with Crippen LogP contribution in [0, 0.1) is 0 Å². The minimum Gasteiger partial charge on any atom is -0.480 e. The molecule has 0 spiro atoms. The molecule has 0 saturated carbocycles. The van der Waals surface area contributed by atoms with E-state index in [1.807, 2.05) is 11.9 Å². The van der Waals surface area contributed by atoms with Gasteiger partial charge in [-0.1, -0.05) is 18.2 Å². The molecule has 1 aliphatic heterocycles. The van der Waals surface area contributed by atoms with E-state index >= 15 is 0 Å². The van der Waals surface area contributed by atoms with Crippen LogP contribution in [0.4, 0.5) is 13.2 Å². The summed E-state index contributed by atoms with van der Waals surface area (Å²) in [6, 6.07) is 4.10. The highest BCUT2D eigenvalue weighted by atomic mass is 19.4. The number of likely N-dealkylation sites (N-methyl/N-ethyl adjacent to an activating group) is 1. The van der Waals surface area contributed by atoms with Gasteiger partial charge in [0.1, 0.15) is 6.04 Å². The van der Waals surface area contributed by atoms with E-state index in [2.05, 4.69) is 4.90 Å². The molecule has 0 amide bonds. The zero-order valence-corrected chi connectivity index (χ0v) is 12.3. The molecule has 1 aliphatic rings. The lowest BCUT2D eigenvalue weighted by Crippen LogP contribution is -2.52. The molecule has 7 heteroatoms. The molecule has 1 atom stereocenters. The average molecular weight is 316 g/mol. The monoisotopic (exact) mass is 316 g/mol. The first-order valence-corrected chi connectivity index (χ1v) is 7.09. The van der Waals surface area contributed by atoms with Crippen LogP contribution in [0.3, 0.4) is 0 Å². The van der Waals surface area contributed by atoms with Crippen molar-refractivity contribution in [3.63, 3.8) is 0 Å². The lowest BCUT2D eigenvalue weighted by atomic mass is 10.0. The van der Waals surface area contributed by atoms with E-state index in [4.69, 9.17) is 0 Å². The van der Waals surface area contributed by atoms with Crippen molar-refractivity contribution in [3.8, 4) is 0 Å². The second-order valence-electron chi connectivity index (χ2n) is 5.60. The van der Waals surface area contributed by atoms with Crippen LogP contribution in [0.15, 0.2) is 24.3 Å². The topological polar surface area (TPSA) is 43.8 Å². The van der Waals surface area contributed by atoms with Gasteiger partial charge >= 0.3 is 12.1 Å². The minimum atomic E-state index is -4.41. The van der Waals surface area contributed by atoms with Crippen molar-refractivity contribution in [2.75, 3.05) is 33.2 Å². The molecule has 0 radical (unpaired) electrons. The van der Waals surface area contributed by atoms with Gasteiger partial charge in [-0.15, -0.1) is 0 Å². The summed E-state index contributed by atoms with van der Waals surface area (Å²) in [6.45, 7) is 2.72. The fourth-order valence-electron chi connectivity index (χ4n) is 2.60. The van der Waals surface area contributed by atoms with Crippen LogP contribution in [0.2, 0.25) is 0 Å². The molecule has 1 N–H and O–H groups in total. The van der Waals surface area contributed by atoms with Gasteiger partial charge in [0.25, 0.3) is 0 Å². The third-order valence-corrected chi connectivity index (χ3v) is 3.95. The predicted molar refractivity (Wildman–Crippen MR) is 75.6 cm³/mol. The lowest BCUT2D eigenvalue weighted by molar-refractivity contribution is -0.144. The van der Waals surface area contributed by atoms with Gasteiger partial charge in [0.05, 0.1) is 5.56 Å². The van der Waals surface area contributed by atoms with Gasteiger partial charge in [-0.05, 0) is 25.1 Å². The van der Waals surface area contributed by atoms with Crippen molar-refractivity contribution in [1.29, 1.82) is 0 Å². The van der Waals surface area contributed by atoms with Gasteiger partial charge in [-0.2, -0.15) is 13.2 Å². The van der Waals surface area contributed by atoms with Gasteiger partial charge in [0.15, 0.2) is 0 Å². The number of hydrogen-bond acceptors (Lipinski definition) is 3. The van der Waals surface area contributed by atoms with Gasteiger partial charge in [0.2, 0.25) is 0 Å². The molecule has 122 valence electrons. The summed E-state index contributed by atoms with van der Waals surface area (Å²) in [7, 11) is 1.96. The molecule has 2 rings (SSSR count). The van der Waals surface area contributed by atoms with E-state index in [0.29, 0.717) is 18.7 Å². The number of benzene rings is 1. The summed E-state index contributed by atoms with van der Waals surface area (Å²) in [4.78, 5) is 15.4. The van der Waals surface area contributed by atoms with E-state index in [1.165, 1.54) is 6.07 Å². The van der Waals surface area contributed by atoms with Crippen LogP contribution in [0.1, 0.15) is 11.1 Å². The molecule has 1 unspecified atom stereocenters. The molecule has 1 fully saturated rings. The standard InChI is InChI=1S/C15H19F3N2O2/c1-19-5-7-20(8-6-19)13(14(21)22)10-11-3-2-4-12(9-11)15(16,17)18/h2-4,9,13H,5-8,10H2,1H3,(H,21,22). The number of alkyl halides is 3. The Morgan fingerprint density at radius 2 is 1.91 bits per heavy atom. The first-order valence-electron chi connectivity index (χ1n) is 7.09. The quantitative estimate of drug-likeness (QED) is 0.922. The fraction of sp³-hybridized carbons (Fsp3) is 0.533. The smallest absolute Gasteiger partial charge is 0.416 e. The van der Waals surface area contributed by atoms with Crippen LogP contribution < -0.4 is 0 Å². The molecular formula is C15H19F3N2O2. The van der Waals surface area contributed by atoms with Crippen molar-refractivity contribution < 1.29 is 23.1 Å². The molecule has 0 aromatic heterocycles. The summed E-state index contributed by atoms with van der Waals surface area (Å²) in [5, 5.41) is 9.40. The lowest BCUT2D eigenvalue weighted by Gasteiger charge is -2.36. The van der Waals surface area contributed by atoms with Crippen molar-refractivity contribution in [2.45, 2.75) is 18.6 Å². The number of aliphatic carboxylic acids is 1. The first-order chi connectivity index (χ1) is 10.3. The van der Waals surface area contributed by atoms with Crippen LogP contribution in [-0.4, -0.2) is 60.1 Å². The second kappa shape index (κ2) is 6.66. The van der Waals surface area contributed by atoms with Gasteiger partial charge in [-0.25, -0.2) is 0 Å². The molecule has 1 heterocycles. The maximum absolute atomic E-state index is 12.7. The zero-order chi connectivity index (χ0) is 16.3. The SMILES string of the molecule is CN1CCN(C(Cc2cccc(C(F)(F)F)c2)C(=O)O)CC1. The molecule has 4 nitrogen and oxygen atoms in total. The molecule has 22 heavy (non-hydrogen) atoms. The van der Waals surface area contributed by atoms with E-state index in [1.54, 1.807) is 6.07 Å². The molecule has 0 aliphatic carbocycles. The second-order valence-corrected chi connectivity index (χ2v) is 5.60. The number of carboxylic acid groups (broad SMARTS) is 1. The summed E-state index contributed by atoms with van der Waals surface area (Å²) >= 11 is 0. The molecular weight excluding hydrogens is 297 g/mol. The number of piperazine rings is 1. The molecule has 1 saturated heterocycles. The predicted octanol–water partition coefficient (Wildman–Crippen LogP) is 1.95. The maximum Gasteiger partial charge on any atom is 0.416 e. The van der Waals surface area contributed by atoms with E-state index < -0.39 is 23.8 Å². The van der Waals surface area contributed by atoms with Gasteiger partial charge in [-0.3, -0.25) is 9.69 Å². The van der Waals surface area contributed by atoms with Crippen LogP contribution >= 0.6 is 0 Å². The van der Waals surface area contributed by atoms with E-state index in [0.717, 1.165) is 25.2 Å². The Morgan fingerprint density at radius 3 is 2.45 bits per heavy atom. The largest absolute Gasteiger partial charge is 0.480 e. The Morgan fingerprint density at radius 1 is 1.27 bits per heavy atom. The van der Waals surface area contributed by atoms with Crippen molar-refractivity contribution in [1.82, 2.24) is 9.80 Å². The van der Waals surface area contributed by atoms with Crippen molar-refractivity contribution >= 4 is 5.97 Å². The fourth-order valence-corrected chi connectivity index (χ4v) is 2.60. The highest BCUT2D eigenvalue weighted by molar-refractivity contribution is 5.74. The highest BCUT2D eigenvalue weighted by Gasteiger charge is 2.32. The van der Waals surface area contributed by atoms with Gasteiger partial charge in [0, 0.05) is 26.2 Å². The molecule has 0 bridgehead atoms. The maximum atomic E-state index is 12.7. The minimum absolute atomic E-state index is 0.0724. The molecule has 1 aromatic rings. The summed E-state index contributed by atoms with van der Waals surface area (Å²) < 4.78 is 38.2. The van der Waals surface area contributed by atoms with Crippen molar-refractivity contribution in [3.05, 3.63) is 35.4 Å². The average Bonchev–Trinajstić information content (AvgIpc) is 2.45. The number of nitrogens with zero attached hydrogens (tertiary/aromatic N) is 2. The van der Waals surface area contributed by atoms with Crippen LogP contribution in [-0.2, 0) is 17.4 Å². The van der Waals surface area contributed by atoms with Crippen LogP contribution in [0.25, 0.3) is 0 Å². The highest BCUT2D eigenvalue weighted by Crippen LogP contribution is 2.30. The Hall–Kier alpha value is -1.60. The Kier molecular flexibility index (Phi) is 5.08. The van der Waals surface area contributed by atoms with Gasteiger partial charge < -0.3 is 10.0 Å². The zero-order valence-electron chi connectivity index (χ0n) is 12.3. The number of hydrogen-bond donors (Lipinski definition) is 1. The summed E-state index contributed by atoms with van der Waals surface area (Å²) in [5.41, 5.74) is -0.353. The first kappa shape index (κ1) is 16.8. The van der Waals surface area contributed by atoms with Crippen LogP contribution in [0.5, 0.6) is 0 Å². The van der Waals surface area contributed by atoms with E-state index in [9.17, 15) is 23.1 Å². The Bertz CT molecular complexity index is 526. The van der Waals surface area contributed by atoms with Crippen molar-refractivity contribution in [2.24, 2.45) is 0 Å². The molecule has 1 aromatic carbocycles. The Labute approximate surface area is 127 Å².